The zero-order valence-corrected chi connectivity index (χ0v) is 17.5. The van der Waals surface area contributed by atoms with Crippen molar-refractivity contribution in [3.8, 4) is 11.5 Å². The molecule has 10 heteroatoms. The highest BCUT2D eigenvalue weighted by molar-refractivity contribution is 6.30. The van der Waals surface area contributed by atoms with Gasteiger partial charge in [-0.2, -0.15) is 8.78 Å². The van der Waals surface area contributed by atoms with Crippen LogP contribution in [0.4, 0.5) is 14.5 Å². The Balaban J connectivity index is 1.56. The summed E-state index contributed by atoms with van der Waals surface area (Å²) in [6.45, 7) is -1.57. The molecule has 1 saturated heterocycles. The lowest BCUT2D eigenvalue weighted by Gasteiger charge is -2.36. The molecule has 0 spiro atoms. The van der Waals surface area contributed by atoms with E-state index >= 15 is 0 Å². The molecule has 0 bridgehead atoms. The van der Waals surface area contributed by atoms with Crippen molar-refractivity contribution in [1.82, 2.24) is 4.90 Å². The monoisotopic (exact) mass is 454 g/mol. The standard InChI is InChI=1S/C21H21ClF2N2O5/c1-29-17-7-3-6-16(19(17)31-21(23)24)20(28)30-13-18(27)26-10-8-25(9-11-26)15-5-2-4-14(22)12-15/h2-7,12,21H,8-11,13H2,1H3. The molecule has 0 aliphatic carbocycles. The molecule has 0 unspecified atom stereocenters. The Bertz CT molecular complexity index is 936. The number of benzene rings is 2. The molecular weight excluding hydrogens is 434 g/mol. The molecule has 31 heavy (non-hydrogen) atoms. The number of anilines is 1. The molecule has 0 radical (unpaired) electrons. The molecule has 166 valence electrons. The summed E-state index contributed by atoms with van der Waals surface area (Å²) in [7, 11) is 1.26. The number of nitrogens with zero attached hydrogens (tertiary/aromatic N) is 2. The van der Waals surface area contributed by atoms with E-state index in [0.717, 1.165) is 5.69 Å². The van der Waals surface area contributed by atoms with Crippen molar-refractivity contribution in [2.45, 2.75) is 6.61 Å². The SMILES string of the molecule is COc1cccc(C(=O)OCC(=O)N2CCN(c3cccc(Cl)c3)CC2)c1OC(F)F. The third-order valence-corrected chi connectivity index (χ3v) is 4.99. The van der Waals surface area contributed by atoms with Crippen molar-refractivity contribution in [1.29, 1.82) is 0 Å². The minimum atomic E-state index is -3.15. The Morgan fingerprint density at radius 3 is 2.45 bits per heavy atom. The van der Waals surface area contributed by atoms with Gasteiger partial charge in [-0.3, -0.25) is 4.79 Å². The summed E-state index contributed by atoms with van der Waals surface area (Å²) in [6.07, 6.45) is 0. The van der Waals surface area contributed by atoms with E-state index in [0.29, 0.717) is 31.2 Å². The minimum Gasteiger partial charge on any atom is -0.493 e. The first-order chi connectivity index (χ1) is 14.9. The van der Waals surface area contributed by atoms with Crippen LogP contribution in [-0.4, -0.2) is 63.3 Å². The fourth-order valence-electron chi connectivity index (χ4n) is 3.23. The maximum atomic E-state index is 12.7. The van der Waals surface area contributed by atoms with E-state index < -0.39 is 24.9 Å². The number of hydrogen-bond acceptors (Lipinski definition) is 6. The smallest absolute Gasteiger partial charge is 0.387 e. The summed E-state index contributed by atoms with van der Waals surface area (Å²) in [5.41, 5.74) is 0.717. The Hall–Kier alpha value is -3.07. The number of methoxy groups -OCH3 is 1. The molecule has 2 aromatic rings. The van der Waals surface area contributed by atoms with Gasteiger partial charge in [0.1, 0.15) is 5.56 Å². The third kappa shape index (κ3) is 5.75. The first-order valence-corrected chi connectivity index (χ1v) is 9.84. The quantitative estimate of drug-likeness (QED) is 0.597. The number of halogens is 3. The lowest BCUT2D eigenvalue weighted by atomic mass is 10.2. The molecule has 0 saturated carbocycles. The molecule has 0 aromatic heterocycles. The van der Waals surface area contributed by atoms with E-state index in [1.165, 1.54) is 25.3 Å². The fourth-order valence-corrected chi connectivity index (χ4v) is 3.42. The van der Waals surface area contributed by atoms with Crippen LogP contribution >= 0.6 is 11.6 Å². The highest BCUT2D eigenvalue weighted by Crippen LogP contribution is 2.33. The van der Waals surface area contributed by atoms with Gasteiger partial charge in [0.25, 0.3) is 5.91 Å². The van der Waals surface area contributed by atoms with Crippen LogP contribution in [0.1, 0.15) is 10.4 Å². The van der Waals surface area contributed by atoms with Crippen molar-refractivity contribution >= 4 is 29.2 Å². The summed E-state index contributed by atoms with van der Waals surface area (Å²) in [5, 5.41) is 0.635. The molecule has 0 N–H and O–H groups in total. The summed E-state index contributed by atoms with van der Waals surface area (Å²) in [5.74, 6) is -1.82. The Morgan fingerprint density at radius 2 is 1.81 bits per heavy atom. The maximum Gasteiger partial charge on any atom is 0.387 e. The van der Waals surface area contributed by atoms with E-state index in [1.807, 2.05) is 18.2 Å². The van der Waals surface area contributed by atoms with E-state index in [9.17, 15) is 18.4 Å². The average molecular weight is 455 g/mol. The van der Waals surface area contributed by atoms with Gasteiger partial charge in [-0.25, -0.2) is 4.79 Å². The van der Waals surface area contributed by atoms with Gasteiger partial charge in [0.05, 0.1) is 7.11 Å². The van der Waals surface area contributed by atoms with Gasteiger partial charge in [-0.15, -0.1) is 0 Å². The molecule has 2 aromatic carbocycles. The van der Waals surface area contributed by atoms with Gasteiger partial charge < -0.3 is 24.0 Å². The number of amides is 1. The molecule has 1 aliphatic heterocycles. The van der Waals surface area contributed by atoms with Crippen LogP contribution in [0.5, 0.6) is 11.5 Å². The van der Waals surface area contributed by atoms with Gasteiger partial charge in [0.15, 0.2) is 18.1 Å². The van der Waals surface area contributed by atoms with Gasteiger partial charge in [-0.05, 0) is 30.3 Å². The summed E-state index contributed by atoms with van der Waals surface area (Å²) in [6, 6.07) is 11.5. The van der Waals surface area contributed by atoms with Gasteiger partial charge in [0, 0.05) is 36.9 Å². The third-order valence-electron chi connectivity index (χ3n) is 4.76. The van der Waals surface area contributed by atoms with Crippen LogP contribution in [-0.2, 0) is 9.53 Å². The molecule has 3 rings (SSSR count). The number of esters is 1. The molecular formula is C21H21ClF2N2O5. The Kier molecular flexibility index (Phi) is 7.51. The number of carbonyl (C=O) groups is 2. The summed E-state index contributed by atoms with van der Waals surface area (Å²) in [4.78, 5) is 28.5. The molecule has 7 nitrogen and oxygen atoms in total. The van der Waals surface area contributed by atoms with Gasteiger partial charge >= 0.3 is 12.6 Å². The number of carbonyl (C=O) groups excluding carboxylic acids is 2. The van der Waals surface area contributed by atoms with Crippen LogP contribution in [0.15, 0.2) is 42.5 Å². The van der Waals surface area contributed by atoms with Crippen molar-refractivity contribution in [3.05, 3.63) is 53.1 Å². The molecule has 1 aliphatic rings. The van der Waals surface area contributed by atoms with Crippen molar-refractivity contribution in [2.75, 3.05) is 44.8 Å². The maximum absolute atomic E-state index is 12.7. The second-order valence-electron chi connectivity index (χ2n) is 6.64. The van der Waals surface area contributed by atoms with Crippen LogP contribution in [0.2, 0.25) is 5.02 Å². The highest BCUT2D eigenvalue weighted by atomic mass is 35.5. The van der Waals surface area contributed by atoms with Crippen LogP contribution in [0.3, 0.4) is 0 Å². The normalized spacial score (nSPS) is 13.8. The van der Waals surface area contributed by atoms with Crippen molar-refractivity contribution in [2.24, 2.45) is 0 Å². The van der Waals surface area contributed by atoms with Gasteiger partial charge in [-0.1, -0.05) is 23.7 Å². The van der Waals surface area contributed by atoms with E-state index in [1.54, 1.807) is 11.0 Å². The molecule has 1 amide bonds. The van der Waals surface area contributed by atoms with Crippen LogP contribution in [0.25, 0.3) is 0 Å². The predicted octanol–water partition coefficient (Wildman–Crippen LogP) is 3.46. The fraction of sp³-hybridized carbons (Fsp3) is 0.333. The minimum absolute atomic E-state index is 0.0433. The zero-order valence-electron chi connectivity index (χ0n) is 16.7. The number of alkyl halides is 2. The number of ether oxygens (including phenoxy) is 3. The Labute approximate surface area is 183 Å². The van der Waals surface area contributed by atoms with Crippen LogP contribution < -0.4 is 14.4 Å². The predicted molar refractivity (Wildman–Crippen MR) is 110 cm³/mol. The second kappa shape index (κ2) is 10.3. The van der Waals surface area contributed by atoms with Gasteiger partial charge in [0.2, 0.25) is 0 Å². The summed E-state index contributed by atoms with van der Waals surface area (Å²) < 4.78 is 39.8. The molecule has 1 heterocycles. The lowest BCUT2D eigenvalue weighted by molar-refractivity contribution is -0.134. The van der Waals surface area contributed by atoms with E-state index in [4.69, 9.17) is 21.1 Å². The zero-order chi connectivity index (χ0) is 22.4. The molecule has 1 fully saturated rings. The molecule has 0 atom stereocenters. The first-order valence-electron chi connectivity index (χ1n) is 9.46. The number of rotatable bonds is 7. The topological polar surface area (TPSA) is 68.3 Å². The second-order valence-corrected chi connectivity index (χ2v) is 7.08. The highest BCUT2D eigenvalue weighted by Gasteiger charge is 2.25. The van der Waals surface area contributed by atoms with E-state index in [2.05, 4.69) is 9.64 Å². The lowest BCUT2D eigenvalue weighted by Crippen LogP contribution is -2.49. The largest absolute Gasteiger partial charge is 0.493 e. The number of piperazine rings is 1. The van der Waals surface area contributed by atoms with Crippen molar-refractivity contribution < 1.29 is 32.6 Å². The van der Waals surface area contributed by atoms with Crippen LogP contribution in [0, 0.1) is 0 Å². The summed E-state index contributed by atoms with van der Waals surface area (Å²) >= 11 is 6.02. The Morgan fingerprint density at radius 1 is 1.10 bits per heavy atom. The number of hydrogen-bond donors (Lipinski definition) is 0. The van der Waals surface area contributed by atoms with E-state index in [-0.39, 0.29) is 17.2 Å². The average Bonchev–Trinajstić information content (AvgIpc) is 2.77. The van der Waals surface area contributed by atoms with Crippen molar-refractivity contribution in [3.63, 3.8) is 0 Å². The first kappa shape index (κ1) is 22.6. The number of para-hydroxylation sites is 1.